The molecule has 0 spiro atoms. The average molecular weight is 327 g/mol. The number of fused-ring (bicyclic) bond motifs is 2. The number of aromatic nitrogens is 4. The lowest BCUT2D eigenvalue weighted by Crippen LogP contribution is -2.33. The Morgan fingerprint density at radius 3 is 2.88 bits per heavy atom. The van der Waals surface area contributed by atoms with Gasteiger partial charge in [0.05, 0.1) is 12.3 Å². The van der Waals surface area contributed by atoms with Gasteiger partial charge in [0.25, 0.3) is 0 Å². The minimum absolute atomic E-state index is 0.00486. The zero-order valence-electron chi connectivity index (χ0n) is 14.7. The van der Waals surface area contributed by atoms with Gasteiger partial charge in [-0.1, -0.05) is 20.8 Å². The molecule has 2 aliphatic rings. The van der Waals surface area contributed by atoms with Crippen LogP contribution in [0, 0.1) is 0 Å². The monoisotopic (exact) mass is 327 g/mol. The van der Waals surface area contributed by atoms with Gasteiger partial charge in [-0.05, 0) is 0 Å². The smallest absolute Gasteiger partial charge is 0.135 e. The van der Waals surface area contributed by atoms with E-state index >= 15 is 0 Å². The molecule has 128 valence electrons. The second kappa shape index (κ2) is 5.93. The molecule has 0 aromatic carbocycles. The van der Waals surface area contributed by atoms with Crippen LogP contribution >= 0.6 is 0 Å². The van der Waals surface area contributed by atoms with Gasteiger partial charge >= 0.3 is 0 Å². The van der Waals surface area contributed by atoms with Gasteiger partial charge in [-0.2, -0.15) is 0 Å². The van der Waals surface area contributed by atoms with Crippen LogP contribution in [0.4, 0.5) is 0 Å². The third-order valence-electron chi connectivity index (χ3n) is 4.78. The molecule has 0 atom stereocenters. The van der Waals surface area contributed by atoms with E-state index in [1.54, 1.807) is 0 Å². The average Bonchev–Trinajstić information content (AvgIpc) is 2.97. The van der Waals surface area contributed by atoms with Crippen molar-refractivity contribution in [3.63, 3.8) is 0 Å². The highest BCUT2D eigenvalue weighted by atomic mass is 16.5. The first kappa shape index (κ1) is 15.7. The summed E-state index contributed by atoms with van der Waals surface area (Å²) in [5.74, 6) is 1.99. The molecule has 0 saturated carbocycles. The van der Waals surface area contributed by atoms with E-state index in [9.17, 15) is 0 Å². The molecule has 0 fully saturated rings. The minimum Gasteiger partial charge on any atom is -0.372 e. The Bertz CT molecular complexity index is 746. The molecule has 2 aliphatic heterocycles. The fourth-order valence-corrected chi connectivity index (χ4v) is 3.39. The Morgan fingerprint density at radius 2 is 2.04 bits per heavy atom. The molecule has 6 heteroatoms. The Morgan fingerprint density at radius 1 is 1.17 bits per heavy atom. The fourth-order valence-electron chi connectivity index (χ4n) is 3.39. The van der Waals surface area contributed by atoms with E-state index in [-0.39, 0.29) is 5.41 Å². The van der Waals surface area contributed by atoms with E-state index in [0.717, 1.165) is 50.9 Å². The lowest BCUT2D eigenvalue weighted by atomic mass is 9.95. The lowest BCUT2D eigenvalue weighted by molar-refractivity contribution is 0.0794. The fraction of sp³-hybridized carbons (Fsp3) is 0.611. The van der Waals surface area contributed by atoms with Crippen molar-refractivity contribution in [2.75, 3.05) is 13.2 Å². The first-order valence-electron chi connectivity index (χ1n) is 8.69. The number of hydrogen-bond donors (Lipinski definition) is 0. The van der Waals surface area contributed by atoms with Crippen molar-refractivity contribution < 1.29 is 4.74 Å². The number of hydrogen-bond acceptors (Lipinski definition) is 5. The second-order valence-corrected chi connectivity index (χ2v) is 7.75. The summed E-state index contributed by atoms with van der Waals surface area (Å²) in [5.41, 5.74) is 3.76. The zero-order valence-corrected chi connectivity index (χ0v) is 14.7. The van der Waals surface area contributed by atoms with Gasteiger partial charge < -0.3 is 9.30 Å². The minimum atomic E-state index is 0.00486. The zero-order chi connectivity index (χ0) is 16.7. The van der Waals surface area contributed by atoms with Crippen LogP contribution in [-0.4, -0.2) is 37.6 Å². The Kier molecular flexibility index (Phi) is 3.89. The molecule has 24 heavy (non-hydrogen) atoms. The molecule has 0 saturated heterocycles. The van der Waals surface area contributed by atoms with E-state index in [1.165, 1.54) is 17.0 Å². The molecule has 0 radical (unpaired) electrons. The van der Waals surface area contributed by atoms with Crippen LogP contribution in [0.25, 0.3) is 0 Å². The molecule has 0 unspecified atom stereocenters. The highest BCUT2D eigenvalue weighted by molar-refractivity contribution is 5.22. The van der Waals surface area contributed by atoms with Crippen LogP contribution in [0.15, 0.2) is 12.4 Å². The molecule has 0 aliphatic carbocycles. The lowest BCUT2D eigenvalue weighted by Gasteiger charge is -2.29. The van der Waals surface area contributed by atoms with Gasteiger partial charge in [0.1, 0.15) is 18.3 Å². The SMILES string of the molecule is CC(C)(C)c1ncc2c(n1)CCN(Cc1cnc3n1CCOC3)C2. The van der Waals surface area contributed by atoms with E-state index in [2.05, 4.69) is 40.2 Å². The summed E-state index contributed by atoms with van der Waals surface area (Å²) in [4.78, 5) is 16.4. The molecular formula is C18H25N5O. The van der Waals surface area contributed by atoms with Crippen molar-refractivity contribution in [3.05, 3.63) is 41.0 Å². The van der Waals surface area contributed by atoms with Gasteiger partial charge in [-0.3, -0.25) is 4.90 Å². The highest BCUT2D eigenvalue weighted by Gasteiger charge is 2.24. The van der Waals surface area contributed by atoms with Gasteiger partial charge in [0.2, 0.25) is 0 Å². The van der Waals surface area contributed by atoms with Gasteiger partial charge in [-0.15, -0.1) is 0 Å². The summed E-state index contributed by atoms with van der Waals surface area (Å²) < 4.78 is 7.77. The molecule has 4 heterocycles. The maximum Gasteiger partial charge on any atom is 0.135 e. The molecule has 0 bridgehead atoms. The van der Waals surface area contributed by atoms with Crippen molar-refractivity contribution in [1.82, 2.24) is 24.4 Å². The van der Waals surface area contributed by atoms with Crippen LogP contribution in [0.5, 0.6) is 0 Å². The predicted octanol–water partition coefficient (Wildman–Crippen LogP) is 2.06. The van der Waals surface area contributed by atoms with E-state index in [0.29, 0.717) is 6.61 Å². The molecular weight excluding hydrogens is 302 g/mol. The topological polar surface area (TPSA) is 56.1 Å². The molecule has 6 nitrogen and oxygen atoms in total. The number of nitrogens with zero attached hydrogens (tertiary/aromatic N) is 5. The Hall–Kier alpha value is -1.79. The molecule has 0 N–H and O–H groups in total. The van der Waals surface area contributed by atoms with Crippen molar-refractivity contribution in [2.24, 2.45) is 0 Å². The standard InChI is InChI=1S/C18H25N5O/c1-18(2,3)17-20-8-13-10-22(5-4-15(13)21-17)11-14-9-19-16-12-24-7-6-23(14)16/h8-9H,4-7,10-12H2,1-3H3. The van der Waals surface area contributed by atoms with Gasteiger partial charge in [-0.25, -0.2) is 15.0 Å². The summed E-state index contributed by atoms with van der Waals surface area (Å²) in [7, 11) is 0. The number of rotatable bonds is 2. The predicted molar refractivity (Wildman–Crippen MR) is 90.4 cm³/mol. The van der Waals surface area contributed by atoms with Crippen molar-refractivity contribution in [3.8, 4) is 0 Å². The first-order valence-corrected chi connectivity index (χ1v) is 8.69. The summed E-state index contributed by atoms with van der Waals surface area (Å²) >= 11 is 0. The third kappa shape index (κ3) is 2.96. The molecule has 2 aromatic heterocycles. The normalized spacial score (nSPS) is 18.3. The summed E-state index contributed by atoms with van der Waals surface area (Å²) in [5, 5.41) is 0. The largest absolute Gasteiger partial charge is 0.372 e. The summed E-state index contributed by atoms with van der Waals surface area (Å²) in [6, 6.07) is 0. The highest BCUT2D eigenvalue weighted by Crippen LogP contribution is 2.23. The van der Waals surface area contributed by atoms with Crippen molar-refractivity contribution in [2.45, 2.75) is 58.8 Å². The van der Waals surface area contributed by atoms with E-state index in [4.69, 9.17) is 9.72 Å². The van der Waals surface area contributed by atoms with Crippen molar-refractivity contribution in [1.29, 1.82) is 0 Å². The van der Waals surface area contributed by atoms with Crippen LogP contribution in [0.3, 0.4) is 0 Å². The Labute approximate surface area is 142 Å². The molecule has 2 aromatic rings. The maximum absolute atomic E-state index is 5.47. The molecule has 0 amide bonds. The van der Waals surface area contributed by atoms with E-state index < -0.39 is 0 Å². The number of imidazole rings is 1. The Balaban J connectivity index is 1.50. The number of ether oxygens (including phenoxy) is 1. The summed E-state index contributed by atoms with van der Waals surface area (Å²) in [6.07, 6.45) is 5.01. The van der Waals surface area contributed by atoms with Crippen molar-refractivity contribution >= 4 is 0 Å². The third-order valence-corrected chi connectivity index (χ3v) is 4.78. The van der Waals surface area contributed by atoms with Crippen LogP contribution in [-0.2, 0) is 42.8 Å². The summed E-state index contributed by atoms with van der Waals surface area (Å²) in [6.45, 7) is 11.7. The first-order chi connectivity index (χ1) is 11.5. The second-order valence-electron chi connectivity index (χ2n) is 7.75. The van der Waals surface area contributed by atoms with Crippen LogP contribution in [0.2, 0.25) is 0 Å². The maximum atomic E-state index is 5.47. The van der Waals surface area contributed by atoms with Gasteiger partial charge in [0.15, 0.2) is 0 Å². The quantitative estimate of drug-likeness (QED) is 0.845. The van der Waals surface area contributed by atoms with Crippen LogP contribution < -0.4 is 0 Å². The van der Waals surface area contributed by atoms with Gasteiger partial charge in [0, 0.05) is 61.7 Å². The van der Waals surface area contributed by atoms with Crippen LogP contribution in [0.1, 0.15) is 49.4 Å². The molecule has 4 rings (SSSR count). The van der Waals surface area contributed by atoms with E-state index in [1.807, 2.05) is 12.4 Å².